The van der Waals surface area contributed by atoms with E-state index in [-0.39, 0.29) is 17.6 Å². The molecule has 0 aliphatic rings. The highest BCUT2D eigenvalue weighted by molar-refractivity contribution is 7.98. The summed E-state index contributed by atoms with van der Waals surface area (Å²) < 4.78 is 0. The van der Waals surface area contributed by atoms with Crippen LogP contribution < -0.4 is 16.4 Å². The summed E-state index contributed by atoms with van der Waals surface area (Å²) in [5, 5.41) is 17.2. The van der Waals surface area contributed by atoms with Crippen LogP contribution in [0.5, 0.6) is 5.75 Å². The Morgan fingerprint density at radius 3 is 2.42 bits per heavy atom. The average Bonchev–Trinajstić information content (AvgIpc) is 2.77. The largest absolute Gasteiger partial charge is 0.508 e. The van der Waals surface area contributed by atoms with Crippen molar-refractivity contribution in [2.45, 2.75) is 24.9 Å². The molecule has 7 heteroatoms. The summed E-state index contributed by atoms with van der Waals surface area (Å²) in [5.74, 6) is 0.232. The van der Waals surface area contributed by atoms with Gasteiger partial charge in [0, 0.05) is 5.69 Å². The molecule has 3 rings (SSSR count). The zero-order valence-corrected chi connectivity index (χ0v) is 18.2. The van der Waals surface area contributed by atoms with Gasteiger partial charge in [0.2, 0.25) is 11.8 Å². The van der Waals surface area contributed by atoms with Gasteiger partial charge in [-0.3, -0.25) is 9.59 Å². The van der Waals surface area contributed by atoms with E-state index >= 15 is 0 Å². The molecule has 0 unspecified atom stereocenters. The lowest BCUT2D eigenvalue weighted by atomic mass is 10.0. The SMILES string of the molecule is CSCC[C@H](NC(=O)[C@@H](N)Cc1ccc(O)cc1)C(=O)Nc1ccc2ccccc2c1. The zero-order valence-electron chi connectivity index (χ0n) is 17.4. The minimum atomic E-state index is -0.796. The quantitative estimate of drug-likeness (QED) is 0.411. The van der Waals surface area contributed by atoms with E-state index in [9.17, 15) is 14.7 Å². The number of carbonyl (C=O) groups is 2. The molecule has 31 heavy (non-hydrogen) atoms. The van der Waals surface area contributed by atoms with Crippen molar-refractivity contribution >= 4 is 40.0 Å². The molecule has 2 atom stereocenters. The normalized spacial score (nSPS) is 12.8. The van der Waals surface area contributed by atoms with Gasteiger partial charge in [0.25, 0.3) is 0 Å². The molecule has 0 heterocycles. The molecule has 0 fully saturated rings. The fourth-order valence-electron chi connectivity index (χ4n) is 3.26. The van der Waals surface area contributed by atoms with Crippen molar-refractivity contribution in [1.82, 2.24) is 5.32 Å². The number of phenolic OH excluding ortho intramolecular Hbond substituents is 1. The second-order valence-electron chi connectivity index (χ2n) is 7.37. The predicted molar refractivity (Wildman–Crippen MR) is 127 cm³/mol. The molecule has 3 aromatic carbocycles. The van der Waals surface area contributed by atoms with Crippen LogP contribution in [-0.4, -0.2) is 41.0 Å². The van der Waals surface area contributed by atoms with Crippen LogP contribution in [0, 0.1) is 0 Å². The lowest BCUT2D eigenvalue weighted by Crippen LogP contribution is -2.50. The van der Waals surface area contributed by atoms with Crippen LogP contribution in [0.1, 0.15) is 12.0 Å². The molecule has 2 amide bonds. The summed E-state index contributed by atoms with van der Waals surface area (Å²) in [7, 11) is 0. The van der Waals surface area contributed by atoms with E-state index in [4.69, 9.17) is 5.73 Å². The first-order chi connectivity index (χ1) is 15.0. The predicted octanol–water partition coefficient (Wildman–Crippen LogP) is 3.29. The Kier molecular flexibility index (Phi) is 7.92. The van der Waals surface area contributed by atoms with Crippen molar-refractivity contribution in [3.8, 4) is 5.75 Å². The molecule has 0 saturated heterocycles. The van der Waals surface area contributed by atoms with Crippen LogP contribution in [0.15, 0.2) is 66.7 Å². The Bertz CT molecular complexity index is 1040. The van der Waals surface area contributed by atoms with Crippen molar-refractivity contribution in [2.24, 2.45) is 5.73 Å². The molecule has 6 nitrogen and oxygen atoms in total. The number of nitrogens with two attached hydrogens (primary N) is 1. The van der Waals surface area contributed by atoms with E-state index in [0.717, 1.165) is 22.1 Å². The molecule has 0 saturated carbocycles. The van der Waals surface area contributed by atoms with Gasteiger partial charge in [-0.25, -0.2) is 0 Å². The Balaban J connectivity index is 1.65. The van der Waals surface area contributed by atoms with Crippen molar-refractivity contribution < 1.29 is 14.7 Å². The average molecular weight is 438 g/mol. The molecule has 5 N–H and O–H groups in total. The standard InChI is InChI=1S/C24H27N3O3S/c1-31-13-12-22(27-23(29)21(25)14-16-6-10-20(28)11-7-16)24(30)26-19-9-8-17-4-2-3-5-18(17)15-19/h2-11,15,21-22,28H,12-14,25H2,1H3,(H,26,30)(H,27,29)/t21-,22-/m0/s1. The van der Waals surface area contributed by atoms with E-state index < -0.39 is 12.1 Å². The number of nitrogens with one attached hydrogen (secondary N) is 2. The highest BCUT2D eigenvalue weighted by Gasteiger charge is 2.24. The van der Waals surface area contributed by atoms with Crippen molar-refractivity contribution in [2.75, 3.05) is 17.3 Å². The number of hydrogen-bond donors (Lipinski definition) is 4. The van der Waals surface area contributed by atoms with Gasteiger partial charge in [-0.1, -0.05) is 42.5 Å². The van der Waals surface area contributed by atoms with Crippen molar-refractivity contribution in [3.05, 3.63) is 72.3 Å². The van der Waals surface area contributed by atoms with Gasteiger partial charge in [0.1, 0.15) is 11.8 Å². The van der Waals surface area contributed by atoms with Crippen LogP contribution in [0.2, 0.25) is 0 Å². The molecular weight excluding hydrogens is 410 g/mol. The number of aromatic hydroxyl groups is 1. The lowest BCUT2D eigenvalue weighted by Gasteiger charge is -2.21. The van der Waals surface area contributed by atoms with Gasteiger partial charge in [-0.15, -0.1) is 0 Å². The Morgan fingerprint density at radius 2 is 1.71 bits per heavy atom. The van der Waals surface area contributed by atoms with Crippen LogP contribution in [0.4, 0.5) is 5.69 Å². The molecule has 0 aliphatic heterocycles. The molecular formula is C24H27N3O3S. The maximum Gasteiger partial charge on any atom is 0.246 e. The third kappa shape index (κ3) is 6.47. The molecule has 0 bridgehead atoms. The number of carbonyl (C=O) groups excluding carboxylic acids is 2. The van der Waals surface area contributed by atoms with E-state index in [1.165, 1.54) is 0 Å². The molecule has 3 aromatic rings. The van der Waals surface area contributed by atoms with Crippen molar-refractivity contribution in [3.63, 3.8) is 0 Å². The van der Waals surface area contributed by atoms with Gasteiger partial charge in [-0.05, 0) is 65.5 Å². The number of thioether (sulfide) groups is 1. The Morgan fingerprint density at radius 1 is 1.00 bits per heavy atom. The van der Waals surface area contributed by atoms with Gasteiger partial charge in [0.15, 0.2) is 0 Å². The minimum absolute atomic E-state index is 0.157. The van der Waals surface area contributed by atoms with Crippen LogP contribution >= 0.6 is 11.8 Å². The van der Waals surface area contributed by atoms with E-state index in [1.807, 2.05) is 48.7 Å². The topological polar surface area (TPSA) is 104 Å². The Hall–Kier alpha value is -3.03. The summed E-state index contributed by atoms with van der Waals surface area (Å²) >= 11 is 1.61. The third-order valence-corrected chi connectivity index (χ3v) is 5.63. The maximum atomic E-state index is 12.9. The highest BCUT2D eigenvalue weighted by atomic mass is 32.2. The summed E-state index contributed by atoms with van der Waals surface area (Å²) in [4.78, 5) is 25.6. The van der Waals surface area contributed by atoms with E-state index in [0.29, 0.717) is 18.5 Å². The second-order valence-corrected chi connectivity index (χ2v) is 8.36. The van der Waals surface area contributed by atoms with Crippen LogP contribution in [-0.2, 0) is 16.0 Å². The summed E-state index contributed by atoms with van der Waals surface area (Å²) in [6.07, 6.45) is 2.77. The highest BCUT2D eigenvalue weighted by Crippen LogP contribution is 2.19. The second kappa shape index (κ2) is 10.8. The monoisotopic (exact) mass is 437 g/mol. The number of fused-ring (bicyclic) bond motifs is 1. The molecule has 0 spiro atoms. The number of rotatable bonds is 9. The maximum absolute atomic E-state index is 12.9. The van der Waals surface area contributed by atoms with Gasteiger partial charge in [0.05, 0.1) is 6.04 Å². The smallest absolute Gasteiger partial charge is 0.246 e. The summed E-state index contributed by atoms with van der Waals surface area (Å²) in [6, 6.07) is 18.7. The molecule has 0 radical (unpaired) electrons. The zero-order chi connectivity index (χ0) is 22.2. The fourth-order valence-corrected chi connectivity index (χ4v) is 3.73. The molecule has 162 valence electrons. The fraction of sp³-hybridized carbons (Fsp3) is 0.250. The Labute approximate surface area is 186 Å². The molecule has 0 aromatic heterocycles. The number of phenols is 1. The van der Waals surface area contributed by atoms with Gasteiger partial charge < -0.3 is 21.5 Å². The first-order valence-corrected chi connectivity index (χ1v) is 11.5. The summed E-state index contributed by atoms with van der Waals surface area (Å²) in [6.45, 7) is 0. The van der Waals surface area contributed by atoms with E-state index in [1.54, 1.807) is 36.0 Å². The first kappa shape index (κ1) is 22.7. The minimum Gasteiger partial charge on any atom is -0.508 e. The van der Waals surface area contributed by atoms with Gasteiger partial charge >= 0.3 is 0 Å². The van der Waals surface area contributed by atoms with Crippen LogP contribution in [0.25, 0.3) is 10.8 Å². The first-order valence-electron chi connectivity index (χ1n) is 10.1. The lowest BCUT2D eigenvalue weighted by molar-refractivity contribution is -0.127. The van der Waals surface area contributed by atoms with Gasteiger partial charge in [-0.2, -0.15) is 11.8 Å². The summed E-state index contributed by atoms with van der Waals surface area (Å²) in [5.41, 5.74) is 7.58. The number of amides is 2. The number of benzene rings is 3. The number of anilines is 1. The number of hydrogen-bond acceptors (Lipinski definition) is 5. The third-order valence-electron chi connectivity index (χ3n) is 4.99. The molecule has 0 aliphatic carbocycles. The van der Waals surface area contributed by atoms with E-state index in [2.05, 4.69) is 10.6 Å². The van der Waals surface area contributed by atoms with Crippen LogP contribution in [0.3, 0.4) is 0 Å². The van der Waals surface area contributed by atoms with Crippen molar-refractivity contribution in [1.29, 1.82) is 0 Å².